The lowest BCUT2D eigenvalue weighted by molar-refractivity contribution is 0.285. The van der Waals surface area contributed by atoms with Gasteiger partial charge < -0.3 is 5.32 Å². The minimum absolute atomic E-state index is 0.733. The van der Waals surface area contributed by atoms with Crippen molar-refractivity contribution in [2.45, 2.75) is 31.3 Å². The fourth-order valence-corrected chi connectivity index (χ4v) is 2.45. The Kier molecular flexibility index (Phi) is 3.25. The van der Waals surface area contributed by atoms with Crippen molar-refractivity contribution in [3.63, 3.8) is 0 Å². The van der Waals surface area contributed by atoms with E-state index in [0.29, 0.717) is 0 Å². The molecular formula is C10H17ClN2. The van der Waals surface area contributed by atoms with Gasteiger partial charge in [0.1, 0.15) is 0 Å². The van der Waals surface area contributed by atoms with Crippen LogP contribution in [0.2, 0.25) is 0 Å². The van der Waals surface area contributed by atoms with Crippen molar-refractivity contribution in [3.05, 3.63) is 11.6 Å². The number of likely N-dealkylation sites (tertiary alicyclic amines) is 1. The summed E-state index contributed by atoms with van der Waals surface area (Å²) in [5.74, 6) is 0. The Labute approximate surface area is 84.9 Å². The number of hydrogen-bond donors (Lipinski definition) is 1. The summed E-state index contributed by atoms with van der Waals surface area (Å²) in [6.07, 6.45) is 6.06. The molecule has 0 aromatic rings. The second kappa shape index (κ2) is 4.45. The van der Waals surface area contributed by atoms with Crippen molar-refractivity contribution in [1.29, 1.82) is 0 Å². The Morgan fingerprint density at radius 3 is 3.00 bits per heavy atom. The van der Waals surface area contributed by atoms with Gasteiger partial charge in [-0.3, -0.25) is 4.90 Å². The van der Waals surface area contributed by atoms with Crippen LogP contribution in [0.3, 0.4) is 0 Å². The van der Waals surface area contributed by atoms with E-state index in [2.05, 4.69) is 10.2 Å². The Balaban J connectivity index is 1.86. The van der Waals surface area contributed by atoms with E-state index in [1.807, 2.05) is 6.08 Å². The molecule has 0 saturated carbocycles. The van der Waals surface area contributed by atoms with Crippen LogP contribution in [0.1, 0.15) is 19.3 Å². The number of halogens is 1. The summed E-state index contributed by atoms with van der Waals surface area (Å²) in [6.45, 7) is 3.42. The lowest BCUT2D eigenvalue weighted by atomic mass is 10.1. The summed E-state index contributed by atoms with van der Waals surface area (Å²) >= 11 is 5.52. The van der Waals surface area contributed by atoms with Crippen molar-refractivity contribution in [1.82, 2.24) is 10.2 Å². The highest BCUT2D eigenvalue weighted by atomic mass is 35.5. The van der Waals surface area contributed by atoms with E-state index in [1.54, 1.807) is 5.54 Å². The minimum Gasteiger partial charge on any atom is -0.310 e. The monoisotopic (exact) mass is 200 g/mol. The average Bonchev–Trinajstić information content (AvgIpc) is 2.45. The molecule has 2 aliphatic rings. The van der Waals surface area contributed by atoms with Gasteiger partial charge in [-0.1, -0.05) is 17.7 Å². The summed E-state index contributed by atoms with van der Waals surface area (Å²) in [7, 11) is 0. The normalized spacial score (nSPS) is 35.5. The fraction of sp³-hybridized carbons (Fsp3) is 0.800. The SMILES string of the molecule is Cl/C=C/CN1CCC2CCC(C1)N2. The van der Waals surface area contributed by atoms with Crippen molar-refractivity contribution < 1.29 is 0 Å². The van der Waals surface area contributed by atoms with Gasteiger partial charge in [-0.25, -0.2) is 0 Å². The van der Waals surface area contributed by atoms with Crippen molar-refractivity contribution in [3.8, 4) is 0 Å². The van der Waals surface area contributed by atoms with Crippen LogP contribution in [0, 0.1) is 0 Å². The Hall–Kier alpha value is -0.0500. The molecule has 2 aliphatic heterocycles. The maximum Gasteiger partial charge on any atom is 0.0198 e. The van der Waals surface area contributed by atoms with Crippen LogP contribution in [-0.4, -0.2) is 36.6 Å². The largest absolute Gasteiger partial charge is 0.310 e. The van der Waals surface area contributed by atoms with Gasteiger partial charge in [-0.05, 0) is 19.3 Å². The molecule has 0 aromatic heterocycles. The number of nitrogens with one attached hydrogen (secondary N) is 1. The zero-order valence-electron chi connectivity index (χ0n) is 7.88. The van der Waals surface area contributed by atoms with E-state index in [1.165, 1.54) is 32.4 Å². The molecule has 2 fully saturated rings. The number of rotatable bonds is 2. The van der Waals surface area contributed by atoms with E-state index in [0.717, 1.165) is 18.6 Å². The van der Waals surface area contributed by atoms with Gasteiger partial charge in [0.15, 0.2) is 0 Å². The van der Waals surface area contributed by atoms with E-state index in [9.17, 15) is 0 Å². The van der Waals surface area contributed by atoms with Gasteiger partial charge in [-0.2, -0.15) is 0 Å². The van der Waals surface area contributed by atoms with Gasteiger partial charge in [-0.15, -0.1) is 0 Å². The highest BCUT2D eigenvalue weighted by Gasteiger charge is 2.28. The molecule has 0 spiro atoms. The summed E-state index contributed by atoms with van der Waals surface area (Å²) < 4.78 is 0. The van der Waals surface area contributed by atoms with Gasteiger partial charge >= 0.3 is 0 Å². The van der Waals surface area contributed by atoms with Crippen LogP contribution >= 0.6 is 11.6 Å². The van der Waals surface area contributed by atoms with Crippen molar-refractivity contribution in [2.24, 2.45) is 0 Å². The molecule has 2 atom stereocenters. The topological polar surface area (TPSA) is 15.3 Å². The molecule has 0 amide bonds. The third-order valence-corrected chi connectivity index (χ3v) is 3.24. The Bertz CT molecular complexity index is 193. The first-order valence-corrected chi connectivity index (χ1v) is 5.56. The maximum atomic E-state index is 5.52. The molecule has 0 aromatic carbocycles. The molecule has 2 nitrogen and oxygen atoms in total. The number of hydrogen-bond acceptors (Lipinski definition) is 2. The van der Waals surface area contributed by atoms with Crippen molar-refractivity contribution in [2.75, 3.05) is 19.6 Å². The molecule has 0 aliphatic carbocycles. The molecule has 2 bridgehead atoms. The van der Waals surface area contributed by atoms with Crippen LogP contribution in [0.15, 0.2) is 11.6 Å². The minimum atomic E-state index is 0.733. The van der Waals surface area contributed by atoms with Crippen LogP contribution in [-0.2, 0) is 0 Å². The quantitative estimate of drug-likeness (QED) is 0.728. The summed E-state index contributed by atoms with van der Waals surface area (Å²) in [4.78, 5) is 2.48. The highest BCUT2D eigenvalue weighted by molar-refractivity contribution is 6.25. The van der Waals surface area contributed by atoms with Crippen molar-refractivity contribution >= 4 is 11.6 Å². The van der Waals surface area contributed by atoms with Crippen LogP contribution in [0.4, 0.5) is 0 Å². The van der Waals surface area contributed by atoms with Gasteiger partial charge in [0.2, 0.25) is 0 Å². The van der Waals surface area contributed by atoms with E-state index in [-0.39, 0.29) is 0 Å². The Morgan fingerprint density at radius 2 is 2.15 bits per heavy atom. The summed E-state index contributed by atoms with van der Waals surface area (Å²) in [6, 6.07) is 1.52. The Morgan fingerprint density at radius 1 is 1.31 bits per heavy atom. The van der Waals surface area contributed by atoms with Gasteiger partial charge in [0, 0.05) is 37.3 Å². The molecule has 3 heteroatoms. The predicted octanol–water partition coefficient (Wildman–Crippen LogP) is 1.57. The molecule has 1 N–H and O–H groups in total. The standard InChI is InChI=1S/C10H17ClN2/c11-5-1-6-13-7-4-9-2-3-10(8-13)12-9/h1,5,9-10,12H,2-4,6-8H2/b5-1+. The molecule has 0 radical (unpaired) electrons. The molecular weight excluding hydrogens is 184 g/mol. The average molecular weight is 201 g/mol. The van der Waals surface area contributed by atoms with E-state index < -0.39 is 0 Å². The van der Waals surface area contributed by atoms with Gasteiger partial charge in [0.25, 0.3) is 0 Å². The first-order valence-electron chi connectivity index (χ1n) is 5.12. The zero-order chi connectivity index (χ0) is 9.10. The highest BCUT2D eigenvalue weighted by Crippen LogP contribution is 2.20. The number of fused-ring (bicyclic) bond motifs is 2. The molecule has 13 heavy (non-hydrogen) atoms. The van der Waals surface area contributed by atoms with Crippen LogP contribution in [0.5, 0.6) is 0 Å². The lowest BCUT2D eigenvalue weighted by Gasteiger charge is -2.21. The molecule has 2 rings (SSSR count). The number of nitrogens with zero attached hydrogens (tertiary/aromatic N) is 1. The molecule has 2 unspecified atom stereocenters. The second-order valence-electron chi connectivity index (χ2n) is 4.05. The third kappa shape index (κ3) is 2.46. The first kappa shape index (κ1) is 9.50. The predicted molar refractivity (Wildman–Crippen MR) is 56.0 cm³/mol. The van der Waals surface area contributed by atoms with E-state index >= 15 is 0 Å². The van der Waals surface area contributed by atoms with Gasteiger partial charge in [0.05, 0.1) is 0 Å². The van der Waals surface area contributed by atoms with E-state index in [4.69, 9.17) is 11.6 Å². The third-order valence-electron chi connectivity index (χ3n) is 3.06. The van der Waals surface area contributed by atoms with Crippen LogP contribution in [0.25, 0.3) is 0 Å². The lowest BCUT2D eigenvalue weighted by Crippen LogP contribution is -2.35. The first-order chi connectivity index (χ1) is 6.38. The second-order valence-corrected chi connectivity index (χ2v) is 4.30. The molecule has 2 saturated heterocycles. The summed E-state index contributed by atoms with van der Waals surface area (Å²) in [5.41, 5.74) is 1.62. The summed E-state index contributed by atoms with van der Waals surface area (Å²) in [5, 5.41) is 3.66. The molecule has 2 heterocycles. The maximum absolute atomic E-state index is 5.52. The van der Waals surface area contributed by atoms with Crippen LogP contribution < -0.4 is 5.32 Å². The zero-order valence-corrected chi connectivity index (χ0v) is 8.63. The fourth-order valence-electron chi connectivity index (χ4n) is 2.37. The molecule has 74 valence electrons. The smallest absolute Gasteiger partial charge is 0.0198 e.